The third kappa shape index (κ3) is 4.09. The van der Waals surface area contributed by atoms with Crippen LogP contribution in [0, 0.1) is 0 Å². The van der Waals surface area contributed by atoms with Crippen molar-refractivity contribution in [2.45, 2.75) is 4.90 Å². The Morgan fingerprint density at radius 2 is 1.86 bits per heavy atom. The van der Waals surface area contributed by atoms with Gasteiger partial charge in [0.2, 0.25) is 10.0 Å². The van der Waals surface area contributed by atoms with Gasteiger partial charge >= 0.3 is 0 Å². The van der Waals surface area contributed by atoms with Crippen molar-refractivity contribution in [1.29, 1.82) is 0 Å². The molecule has 21 heavy (non-hydrogen) atoms. The maximum absolute atomic E-state index is 12.6. The first kappa shape index (κ1) is 17.0. The summed E-state index contributed by atoms with van der Waals surface area (Å²) in [4.78, 5) is 2.25. The molecule has 0 radical (unpaired) electrons. The van der Waals surface area contributed by atoms with E-state index in [1.807, 2.05) is 0 Å². The SMILES string of the molecule is COCCN1CCN(S(=O)(=O)c2cc(Cl)ccc2Cl)CC1. The van der Waals surface area contributed by atoms with Crippen LogP contribution < -0.4 is 0 Å². The third-order valence-electron chi connectivity index (χ3n) is 3.45. The van der Waals surface area contributed by atoms with Crippen LogP contribution in [-0.4, -0.2) is 64.1 Å². The minimum atomic E-state index is -3.60. The summed E-state index contributed by atoms with van der Waals surface area (Å²) in [6.07, 6.45) is 0. The fourth-order valence-electron chi connectivity index (χ4n) is 2.23. The summed E-state index contributed by atoms with van der Waals surface area (Å²) in [7, 11) is -1.95. The number of benzene rings is 1. The molecule has 0 bridgehead atoms. The van der Waals surface area contributed by atoms with E-state index in [0.717, 1.165) is 6.54 Å². The normalized spacial score (nSPS) is 18.0. The molecule has 1 aliphatic rings. The van der Waals surface area contributed by atoms with Crippen LogP contribution in [0.4, 0.5) is 0 Å². The maximum Gasteiger partial charge on any atom is 0.244 e. The highest BCUT2D eigenvalue weighted by Gasteiger charge is 2.30. The zero-order valence-corrected chi connectivity index (χ0v) is 14.1. The van der Waals surface area contributed by atoms with Gasteiger partial charge in [0.15, 0.2) is 0 Å². The summed E-state index contributed by atoms with van der Waals surface area (Å²) in [6.45, 7) is 3.69. The molecule has 1 aliphatic heterocycles. The number of sulfonamides is 1. The average Bonchev–Trinajstić information content (AvgIpc) is 2.48. The molecule has 0 aliphatic carbocycles. The quantitative estimate of drug-likeness (QED) is 0.812. The van der Waals surface area contributed by atoms with E-state index in [4.69, 9.17) is 27.9 Å². The molecular weight excluding hydrogens is 335 g/mol. The molecule has 1 fully saturated rings. The summed E-state index contributed by atoms with van der Waals surface area (Å²) >= 11 is 11.9. The van der Waals surface area contributed by atoms with E-state index in [1.165, 1.54) is 16.4 Å². The van der Waals surface area contributed by atoms with Gasteiger partial charge in [0.1, 0.15) is 4.90 Å². The molecular formula is C13H18Cl2N2O3S. The lowest BCUT2D eigenvalue weighted by Crippen LogP contribution is -2.49. The molecule has 2 rings (SSSR count). The van der Waals surface area contributed by atoms with Crippen LogP contribution in [0.5, 0.6) is 0 Å². The monoisotopic (exact) mass is 352 g/mol. The third-order valence-corrected chi connectivity index (χ3v) is 6.07. The second-order valence-corrected chi connectivity index (χ2v) is 7.56. The van der Waals surface area contributed by atoms with Gasteiger partial charge in [-0.2, -0.15) is 4.31 Å². The summed E-state index contributed by atoms with van der Waals surface area (Å²) in [5, 5.41) is 0.554. The molecule has 0 unspecified atom stereocenters. The molecule has 1 saturated heterocycles. The molecule has 0 saturated carbocycles. The molecule has 0 atom stereocenters. The van der Waals surface area contributed by atoms with Crippen LogP contribution in [0.1, 0.15) is 0 Å². The molecule has 8 heteroatoms. The van der Waals surface area contributed by atoms with Crippen molar-refractivity contribution in [1.82, 2.24) is 9.21 Å². The number of hydrogen-bond acceptors (Lipinski definition) is 4. The van der Waals surface area contributed by atoms with Gasteiger partial charge in [-0.15, -0.1) is 0 Å². The zero-order chi connectivity index (χ0) is 15.5. The van der Waals surface area contributed by atoms with Gasteiger partial charge in [0.05, 0.1) is 11.6 Å². The van der Waals surface area contributed by atoms with Crippen LogP contribution in [0.3, 0.4) is 0 Å². The van der Waals surface area contributed by atoms with Gasteiger partial charge in [-0.25, -0.2) is 8.42 Å². The van der Waals surface area contributed by atoms with E-state index in [2.05, 4.69) is 4.90 Å². The summed E-state index contributed by atoms with van der Waals surface area (Å²) in [6, 6.07) is 4.48. The number of piperazine rings is 1. The predicted molar refractivity (Wildman–Crippen MR) is 83.5 cm³/mol. The lowest BCUT2D eigenvalue weighted by Gasteiger charge is -2.33. The van der Waals surface area contributed by atoms with Crippen LogP contribution >= 0.6 is 23.2 Å². The smallest absolute Gasteiger partial charge is 0.244 e. The molecule has 5 nitrogen and oxygen atoms in total. The minimum Gasteiger partial charge on any atom is -0.383 e. The van der Waals surface area contributed by atoms with E-state index >= 15 is 0 Å². The second kappa shape index (κ2) is 7.26. The maximum atomic E-state index is 12.6. The van der Waals surface area contributed by atoms with E-state index in [-0.39, 0.29) is 9.92 Å². The minimum absolute atomic E-state index is 0.0713. The fraction of sp³-hybridized carbons (Fsp3) is 0.538. The van der Waals surface area contributed by atoms with E-state index < -0.39 is 10.0 Å². The van der Waals surface area contributed by atoms with Crippen LogP contribution in [-0.2, 0) is 14.8 Å². The summed E-state index contributed by atoms with van der Waals surface area (Å²) in [5.41, 5.74) is 0. The average molecular weight is 353 g/mol. The first-order valence-corrected chi connectivity index (χ1v) is 8.81. The Kier molecular flexibility index (Phi) is 5.88. The lowest BCUT2D eigenvalue weighted by molar-refractivity contribution is 0.123. The largest absolute Gasteiger partial charge is 0.383 e. The molecule has 0 amide bonds. The van der Waals surface area contributed by atoms with Gasteiger partial charge in [-0.3, -0.25) is 4.90 Å². The first-order valence-electron chi connectivity index (χ1n) is 6.61. The van der Waals surface area contributed by atoms with Gasteiger partial charge in [-0.1, -0.05) is 23.2 Å². The first-order chi connectivity index (χ1) is 9.95. The van der Waals surface area contributed by atoms with Gasteiger partial charge in [0.25, 0.3) is 0 Å². The number of hydrogen-bond donors (Lipinski definition) is 0. The van der Waals surface area contributed by atoms with Crippen molar-refractivity contribution in [3.8, 4) is 0 Å². The van der Waals surface area contributed by atoms with Crippen LogP contribution in [0.25, 0.3) is 0 Å². The summed E-state index contributed by atoms with van der Waals surface area (Å²) in [5.74, 6) is 0. The van der Waals surface area contributed by atoms with E-state index in [1.54, 1.807) is 13.2 Å². The number of ether oxygens (including phenoxy) is 1. The number of methoxy groups -OCH3 is 1. The van der Waals surface area contributed by atoms with Gasteiger partial charge < -0.3 is 4.74 Å². The Hall–Kier alpha value is -0.370. The fourth-order valence-corrected chi connectivity index (χ4v) is 4.39. The highest BCUT2D eigenvalue weighted by molar-refractivity contribution is 7.89. The van der Waals surface area contributed by atoms with Gasteiger partial charge in [-0.05, 0) is 18.2 Å². The molecule has 1 aromatic carbocycles. The van der Waals surface area contributed by atoms with Gasteiger partial charge in [0, 0.05) is 44.9 Å². The van der Waals surface area contributed by atoms with E-state index in [0.29, 0.717) is 37.8 Å². The van der Waals surface area contributed by atoms with Crippen molar-refractivity contribution in [3.05, 3.63) is 28.2 Å². The molecule has 0 spiro atoms. The topological polar surface area (TPSA) is 49.9 Å². The number of nitrogens with zero attached hydrogens (tertiary/aromatic N) is 2. The second-order valence-electron chi connectivity index (χ2n) is 4.81. The highest BCUT2D eigenvalue weighted by atomic mass is 35.5. The van der Waals surface area contributed by atoms with Crippen molar-refractivity contribution >= 4 is 33.2 Å². The standard InChI is InChI=1S/C13H18Cl2N2O3S/c1-20-9-8-16-4-6-17(7-5-16)21(18,19)13-10-11(14)2-3-12(13)15/h2-3,10H,4-9H2,1H3. The lowest BCUT2D eigenvalue weighted by atomic mass is 10.3. The highest BCUT2D eigenvalue weighted by Crippen LogP contribution is 2.28. The molecule has 1 heterocycles. The van der Waals surface area contributed by atoms with Crippen molar-refractivity contribution in [3.63, 3.8) is 0 Å². The predicted octanol–water partition coefficient (Wildman–Crippen LogP) is 1.95. The zero-order valence-electron chi connectivity index (χ0n) is 11.8. The number of rotatable bonds is 5. The Balaban J connectivity index is 2.10. The Bertz CT molecular complexity index is 587. The van der Waals surface area contributed by atoms with E-state index in [9.17, 15) is 8.42 Å². The Labute approximate surface area is 135 Å². The van der Waals surface area contributed by atoms with Crippen molar-refractivity contribution in [2.24, 2.45) is 0 Å². The molecule has 0 aromatic heterocycles. The number of halogens is 2. The molecule has 1 aromatic rings. The van der Waals surface area contributed by atoms with Crippen molar-refractivity contribution < 1.29 is 13.2 Å². The Morgan fingerprint density at radius 3 is 2.48 bits per heavy atom. The van der Waals surface area contributed by atoms with Crippen molar-refractivity contribution in [2.75, 3.05) is 46.4 Å². The van der Waals surface area contributed by atoms with Crippen LogP contribution in [0.15, 0.2) is 23.1 Å². The molecule has 118 valence electrons. The Morgan fingerprint density at radius 1 is 1.19 bits per heavy atom. The molecule has 0 N–H and O–H groups in total. The summed E-state index contributed by atoms with van der Waals surface area (Å²) < 4.78 is 31.7. The van der Waals surface area contributed by atoms with Crippen LogP contribution in [0.2, 0.25) is 10.0 Å².